The molecule has 0 aliphatic heterocycles. The van der Waals surface area contributed by atoms with Gasteiger partial charge in [0.25, 0.3) is 0 Å². The first-order chi connectivity index (χ1) is 7.08. The average molecular weight is 228 g/mol. The average Bonchev–Trinajstić information content (AvgIpc) is 2.17. The number of nitrogens with zero attached hydrogens (tertiary/aromatic N) is 1. The van der Waals surface area contributed by atoms with Gasteiger partial charge < -0.3 is 5.11 Å². The Morgan fingerprint density at radius 3 is 2.67 bits per heavy atom. The molecule has 0 aliphatic carbocycles. The first-order valence-electron chi connectivity index (χ1n) is 4.07. The SMILES string of the molecule is N#Cc1cc(CCl)c(CC(=O)O)cc1F. The maximum absolute atomic E-state index is 13.2. The van der Waals surface area contributed by atoms with Crippen molar-refractivity contribution in [3.63, 3.8) is 0 Å². The van der Waals surface area contributed by atoms with Gasteiger partial charge in [0.15, 0.2) is 0 Å². The van der Waals surface area contributed by atoms with Crippen LogP contribution in [0.1, 0.15) is 16.7 Å². The highest BCUT2D eigenvalue weighted by atomic mass is 35.5. The molecule has 0 saturated carbocycles. The lowest BCUT2D eigenvalue weighted by molar-refractivity contribution is -0.136. The van der Waals surface area contributed by atoms with Crippen molar-refractivity contribution in [3.05, 3.63) is 34.6 Å². The summed E-state index contributed by atoms with van der Waals surface area (Å²) in [4.78, 5) is 10.5. The number of rotatable bonds is 3. The number of halogens is 2. The van der Waals surface area contributed by atoms with E-state index in [0.29, 0.717) is 11.1 Å². The number of carboxylic acid groups (broad SMARTS) is 1. The molecule has 1 aromatic rings. The van der Waals surface area contributed by atoms with Crippen molar-refractivity contribution in [3.8, 4) is 6.07 Å². The number of carboxylic acids is 1. The zero-order valence-corrected chi connectivity index (χ0v) is 8.38. The van der Waals surface area contributed by atoms with Crippen molar-refractivity contribution in [2.75, 3.05) is 0 Å². The summed E-state index contributed by atoms with van der Waals surface area (Å²) in [6.45, 7) is 0. The molecule has 0 fully saturated rings. The maximum Gasteiger partial charge on any atom is 0.307 e. The van der Waals surface area contributed by atoms with Gasteiger partial charge >= 0.3 is 5.97 Å². The Kier molecular flexibility index (Phi) is 3.64. The summed E-state index contributed by atoms with van der Waals surface area (Å²) in [5.74, 6) is -1.73. The van der Waals surface area contributed by atoms with Gasteiger partial charge in [-0.25, -0.2) is 4.39 Å². The van der Waals surface area contributed by atoms with Gasteiger partial charge in [-0.3, -0.25) is 4.79 Å². The van der Waals surface area contributed by atoms with E-state index < -0.39 is 11.8 Å². The van der Waals surface area contributed by atoms with Crippen LogP contribution in [0.4, 0.5) is 4.39 Å². The van der Waals surface area contributed by atoms with E-state index in [1.54, 1.807) is 6.07 Å². The van der Waals surface area contributed by atoms with Crippen LogP contribution in [0.2, 0.25) is 0 Å². The normalized spacial score (nSPS) is 9.67. The van der Waals surface area contributed by atoms with Crippen LogP contribution in [0.5, 0.6) is 0 Å². The van der Waals surface area contributed by atoms with Gasteiger partial charge in [0, 0.05) is 5.88 Å². The number of hydrogen-bond donors (Lipinski definition) is 1. The lowest BCUT2D eigenvalue weighted by atomic mass is 10.0. The summed E-state index contributed by atoms with van der Waals surface area (Å²) in [6.07, 6.45) is -0.301. The zero-order valence-electron chi connectivity index (χ0n) is 7.63. The molecule has 0 atom stereocenters. The molecule has 0 aliphatic rings. The molecule has 0 heterocycles. The Bertz CT molecular complexity index is 440. The Morgan fingerprint density at radius 2 is 2.20 bits per heavy atom. The van der Waals surface area contributed by atoms with Crippen LogP contribution in [-0.2, 0) is 17.1 Å². The molecule has 78 valence electrons. The second-order valence-corrected chi connectivity index (χ2v) is 3.18. The van der Waals surface area contributed by atoms with Gasteiger partial charge in [0.1, 0.15) is 11.9 Å². The molecule has 1 aromatic carbocycles. The molecule has 0 unspecified atom stereocenters. The van der Waals surface area contributed by atoms with Gasteiger partial charge in [0.2, 0.25) is 0 Å². The van der Waals surface area contributed by atoms with Crippen molar-refractivity contribution in [2.45, 2.75) is 12.3 Å². The topological polar surface area (TPSA) is 61.1 Å². The monoisotopic (exact) mass is 227 g/mol. The van der Waals surface area contributed by atoms with E-state index in [1.165, 1.54) is 6.07 Å². The van der Waals surface area contributed by atoms with Crippen LogP contribution in [0.15, 0.2) is 12.1 Å². The molecular weight excluding hydrogens is 221 g/mol. The fourth-order valence-electron chi connectivity index (χ4n) is 1.20. The molecule has 0 bridgehead atoms. The third kappa shape index (κ3) is 2.67. The van der Waals surface area contributed by atoms with Crippen LogP contribution in [0.25, 0.3) is 0 Å². The molecule has 0 saturated heterocycles. The minimum absolute atomic E-state index is 0.0531. The number of aliphatic carboxylic acids is 1. The summed E-state index contributed by atoms with van der Waals surface area (Å²) >= 11 is 5.57. The first-order valence-corrected chi connectivity index (χ1v) is 4.61. The number of carbonyl (C=O) groups is 1. The van der Waals surface area contributed by atoms with E-state index in [0.717, 1.165) is 6.07 Å². The van der Waals surface area contributed by atoms with Crippen LogP contribution in [0.3, 0.4) is 0 Å². The molecule has 0 aromatic heterocycles. The van der Waals surface area contributed by atoms with Crippen molar-refractivity contribution in [1.82, 2.24) is 0 Å². The minimum Gasteiger partial charge on any atom is -0.481 e. The minimum atomic E-state index is -1.06. The van der Waals surface area contributed by atoms with E-state index in [4.69, 9.17) is 22.0 Å². The lowest BCUT2D eigenvalue weighted by Gasteiger charge is -2.05. The van der Waals surface area contributed by atoms with Crippen LogP contribution in [-0.4, -0.2) is 11.1 Å². The molecule has 0 radical (unpaired) electrons. The Morgan fingerprint density at radius 1 is 1.53 bits per heavy atom. The Labute approximate surface area is 90.7 Å². The van der Waals surface area contributed by atoms with Gasteiger partial charge in [-0.2, -0.15) is 5.26 Å². The largest absolute Gasteiger partial charge is 0.481 e. The number of nitriles is 1. The molecule has 3 nitrogen and oxygen atoms in total. The summed E-state index contributed by atoms with van der Waals surface area (Å²) in [5.41, 5.74) is 0.644. The molecule has 1 N–H and O–H groups in total. The predicted molar refractivity (Wildman–Crippen MR) is 52.0 cm³/mol. The quantitative estimate of drug-likeness (QED) is 0.804. The zero-order chi connectivity index (χ0) is 11.4. The van der Waals surface area contributed by atoms with Crippen LogP contribution in [0, 0.1) is 17.1 Å². The second-order valence-electron chi connectivity index (χ2n) is 2.92. The fourth-order valence-corrected chi connectivity index (χ4v) is 1.45. The summed E-state index contributed by atoms with van der Waals surface area (Å²) in [7, 11) is 0. The number of benzene rings is 1. The number of hydrogen-bond acceptors (Lipinski definition) is 2. The highest BCUT2D eigenvalue weighted by Gasteiger charge is 2.11. The highest BCUT2D eigenvalue weighted by Crippen LogP contribution is 2.18. The first kappa shape index (κ1) is 11.5. The van der Waals surface area contributed by atoms with E-state index in [2.05, 4.69) is 0 Å². The van der Waals surface area contributed by atoms with E-state index in [9.17, 15) is 9.18 Å². The third-order valence-electron chi connectivity index (χ3n) is 1.90. The van der Waals surface area contributed by atoms with Gasteiger partial charge in [0.05, 0.1) is 12.0 Å². The smallest absolute Gasteiger partial charge is 0.307 e. The maximum atomic E-state index is 13.2. The molecule has 0 amide bonds. The van der Waals surface area contributed by atoms with Crippen molar-refractivity contribution >= 4 is 17.6 Å². The van der Waals surface area contributed by atoms with Crippen molar-refractivity contribution < 1.29 is 14.3 Å². The van der Waals surface area contributed by atoms with Gasteiger partial charge in [-0.1, -0.05) is 0 Å². The molecule has 5 heteroatoms. The Balaban J connectivity index is 3.22. The van der Waals surface area contributed by atoms with Crippen molar-refractivity contribution in [1.29, 1.82) is 5.26 Å². The molecular formula is C10H7ClFNO2. The van der Waals surface area contributed by atoms with E-state index in [-0.39, 0.29) is 17.9 Å². The fraction of sp³-hybridized carbons (Fsp3) is 0.200. The predicted octanol–water partition coefficient (Wildman–Crippen LogP) is 2.06. The van der Waals surface area contributed by atoms with Crippen molar-refractivity contribution in [2.24, 2.45) is 0 Å². The second kappa shape index (κ2) is 4.76. The van der Waals surface area contributed by atoms with Gasteiger partial charge in [-0.05, 0) is 23.3 Å². The molecule has 1 rings (SSSR count). The van der Waals surface area contributed by atoms with Crippen LogP contribution < -0.4 is 0 Å². The Hall–Kier alpha value is -1.60. The highest BCUT2D eigenvalue weighted by molar-refractivity contribution is 6.17. The van der Waals surface area contributed by atoms with E-state index >= 15 is 0 Å². The third-order valence-corrected chi connectivity index (χ3v) is 2.18. The lowest BCUT2D eigenvalue weighted by Crippen LogP contribution is -2.04. The summed E-state index contributed by atoms with van der Waals surface area (Å²) in [6, 6.07) is 3.99. The summed E-state index contributed by atoms with van der Waals surface area (Å²) in [5, 5.41) is 17.1. The molecule has 0 spiro atoms. The summed E-state index contributed by atoms with van der Waals surface area (Å²) < 4.78 is 13.2. The molecule has 15 heavy (non-hydrogen) atoms. The standard InChI is InChI=1S/C10H7ClFNO2/c11-4-7-1-8(5-13)9(12)2-6(7)3-10(14)15/h1-2H,3-4H2,(H,14,15). The number of alkyl halides is 1. The van der Waals surface area contributed by atoms with Gasteiger partial charge in [-0.15, -0.1) is 11.6 Å². The van der Waals surface area contributed by atoms with E-state index in [1.807, 2.05) is 0 Å². The van der Waals surface area contributed by atoms with Crippen LogP contribution >= 0.6 is 11.6 Å².